The van der Waals surface area contributed by atoms with Crippen molar-refractivity contribution in [3.63, 3.8) is 0 Å². The Labute approximate surface area is 126 Å². The van der Waals surface area contributed by atoms with Gasteiger partial charge < -0.3 is 10.2 Å². The van der Waals surface area contributed by atoms with Crippen LogP contribution < -0.4 is 5.32 Å². The first-order valence-electron chi connectivity index (χ1n) is 8.28. The van der Waals surface area contributed by atoms with Crippen LogP contribution in [0.4, 0.5) is 0 Å². The fourth-order valence-electron chi connectivity index (χ4n) is 4.68. The van der Waals surface area contributed by atoms with Crippen molar-refractivity contribution in [3.05, 3.63) is 34.9 Å². The molecule has 0 spiro atoms. The predicted molar refractivity (Wildman–Crippen MR) is 82.9 cm³/mol. The van der Waals surface area contributed by atoms with Gasteiger partial charge in [0.05, 0.1) is 0 Å². The molecular formula is C18H24N2O. The van der Waals surface area contributed by atoms with Gasteiger partial charge in [-0.15, -0.1) is 0 Å². The second-order valence-electron chi connectivity index (χ2n) is 7.21. The predicted octanol–water partition coefficient (Wildman–Crippen LogP) is 2.80. The molecule has 0 saturated heterocycles. The lowest BCUT2D eigenvalue weighted by Crippen LogP contribution is -2.33. The van der Waals surface area contributed by atoms with Gasteiger partial charge in [0.1, 0.15) is 0 Å². The van der Waals surface area contributed by atoms with Crippen LogP contribution in [-0.2, 0) is 13.1 Å². The third-order valence-corrected chi connectivity index (χ3v) is 5.82. The summed E-state index contributed by atoms with van der Waals surface area (Å²) in [5.74, 6) is 2.77. The largest absolute Gasteiger partial charge is 0.341 e. The molecule has 1 amide bonds. The molecule has 2 saturated carbocycles. The molecule has 1 aromatic rings. The van der Waals surface area contributed by atoms with Crippen LogP contribution in [0.2, 0.25) is 0 Å². The number of amides is 1. The highest BCUT2D eigenvalue weighted by molar-refractivity contribution is 5.94. The quantitative estimate of drug-likeness (QED) is 0.925. The fraction of sp³-hybridized carbons (Fsp3) is 0.611. The summed E-state index contributed by atoms with van der Waals surface area (Å²) in [6.07, 6.45) is 5.58. The van der Waals surface area contributed by atoms with Crippen LogP contribution in [0.3, 0.4) is 0 Å². The molecule has 1 aliphatic heterocycles. The fourth-order valence-corrected chi connectivity index (χ4v) is 4.68. The molecule has 1 N–H and O–H groups in total. The van der Waals surface area contributed by atoms with E-state index in [2.05, 4.69) is 17.4 Å². The SMILES string of the molecule is CN(CC1CC2CCC1C2)C(=O)c1ccc2c(c1)CNC2. The van der Waals surface area contributed by atoms with Crippen molar-refractivity contribution >= 4 is 5.91 Å². The number of carbonyl (C=O) groups is 1. The zero-order valence-corrected chi connectivity index (χ0v) is 12.8. The Balaban J connectivity index is 1.44. The van der Waals surface area contributed by atoms with Crippen molar-refractivity contribution in [2.45, 2.75) is 38.8 Å². The van der Waals surface area contributed by atoms with Crippen LogP contribution in [0.15, 0.2) is 18.2 Å². The van der Waals surface area contributed by atoms with Crippen molar-refractivity contribution in [2.75, 3.05) is 13.6 Å². The van der Waals surface area contributed by atoms with E-state index in [1.54, 1.807) is 0 Å². The van der Waals surface area contributed by atoms with E-state index in [0.717, 1.165) is 43.0 Å². The number of benzene rings is 1. The number of nitrogens with one attached hydrogen (secondary N) is 1. The molecule has 3 nitrogen and oxygen atoms in total. The monoisotopic (exact) mass is 284 g/mol. The Bertz CT molecular complexity index is 568. The van der Waals surface area contributed by atoms with E-state index in [1.165, 1.54) is 36.8 Å². The molecule has 2 fully saturated rings. The molecule has 3 aliphatic rings. The lowest BCUT2D eigenvalue weighted by atomic mass is 9.88. The third-order valence-electron chi connectivity index (χ3n) is 5.82. The van der Waals surface area contributed by atoms with E-state index in [0.29, 0.717) is 0 Å². The average Bonchev–Trinajstić information content (AvgIpc) is 3.21. The maximum absolute atomic E-state index is 12.6. The Morgan fingerprint density at radius 2 is 2.10 bits per heavy atom. The molecule has 4 rings (SSSR count). The Morgan fingerprint density at radius 1 is 1.24 bits per heavy atom. The summed E-state index contributed by atoms with van der Waals surface area (Å²) in [7, 11) is 1.97. The number of rotatable bonds is 3. The summed E-state index contributed by atoms with van der Waals surface area (Å²) < 4.78 is 0. The van der Waals surface area contributed by atoms with E-state index in [4.69, 9.17) is 0 Å². The molecule has 3 heteroatoms. The number of carbonyl (C=O) groups excluding carboxylic acids is 1. The van der Waals surface area contributed by atoms with Gasteiger partial charge in [-0.25, -0.2) is 0 Å². The number of fused-ring (bicyclic) bond motifs is 3. The van der Waals surface area contributed by atoms with Gasteiger partial charge in [-0.2, -0.15) is 0 Å². The molecule has 3 atom stereocenters. The minimum absolute atomic E-state index is 0.187. The standard InChI is InChI=1S/C18H24N2O/c1-20(11-17-7-12-2-3-13(17)6-12)18(21)14-4-5-15-9-19-10-16(15)8-14/h4-5,8,12-13,17,19H,2-3,6-7,9-11H2,1H3. The van der Waals surface area contributed by atoms with Gasteiger partial charge in [0.25, 0.3) is 5.91 Å². The molecule has 2 aliphatic carbocycles. The lowest BCUT2D eigenvalue weighted by Gasteiger charge is -2.27. The molecule has 1 aromatic carbocycles. The van der Waals surface area contributed by atoms with E-state index in [1.807, 2.05) is 18.0 Å². The summed E-state index contributed by atoms with van der Waals surface area (Å²) in [6, 6.07) is 6.17. The average molecular weight is 284 g/mol. The zero-order chi connectivity index (χ0) is 14.4. The normalized spacial score (nSPS) is 29.7. The molecule has 1 heterocycles. The second-order valence-corrected chi connectivity index (χ2v) is 7.21. The van der Waals surface area contributed by atoms with Gasteiger partial charge in [-0.3, -0.25) is 4.79 Å². The Hall–Kier alpha value is -1.35. The minimum Gasteiger partial charge on any atom is -0.341 e. The summed E-state index contributed by atoms with van der Waals surface area (Å²) in [5.41, 5.74) is 3.47. The first-order valence-corrected chi connectivity index (χ1v) is 8.28. The van der Waals surface area contributed by atoms with E-state index in [9.17, 15) is 4.79 Å². The van der Waals surface area contributed by atoms with Crippen LogP contribution in [0.5, 0.6) is 0 Å². The topological polar surface area (TPSA) is 32.3 Å². The summed E-state index contributed by atoms with van der Waals surface area (Å²) in [4.78, 5) is 14.6. The van der Waals surface area contributed by atoms with Gasteiger partial charge in [0, 0.05) is 32.2 Å². The Morgan fingerprint density at radius 3 is 2.86 bits per heavy atom. The van der Waals surface area contributed by atoms with Crippen molar-refractivity contribution in [2.24, 2.45) is 17.8 Å². The van der Waals surface area contributed by atoms with Crippen LogP contribution in [0.25, 0.3) is 0 Å². The Kier molecular flexibility index (Phi) is 3.26. The van der Waals surface area contributed by atoms with Gasteiger partial charge >= 0.3 is 0 Å². The summed E-state index contributed by atoms with van der Waals surface area (Å²) in [6.45, 7) is 2.77. The highest BCUT2D eigenvalue weighted by atomic mass is 16.2. The molecular weight excluding hydrogens is 260 g/mol. The molecule has 3 unspecified atom stereocenters. The maximum atomic E-state index is 12.6. The lowest BCUT2D eigenvalue weighted by molar-refractivity contribution is 0.0754. The first kappa shape index (κ1) is 13.3. The van der Waals surface area contributed by atoms with Crippen molar-refractivity contribution < 1.29 is 4.79 Å². The third kappa shape index (κ3) is 2.38. The first-order chi connectivity index (χ1) is 10.2. The number of nitrogens with zero attached hydrogens (tertiary/aromatic N) is 1. The highest BCUT2D eigenvalue weighted by Crippen LogP contribution is 2.48. The smallest absolute Gasteiger partial charge is 0.253 e. The molecule has 21 heavy (non-hydrogen) atoms. The molecule has 0 radical (unpaired) electrons. The summed E-state index contributed by atoms with van der Waals surface area (Å²) in [5, 5.41) is 3.34. The van der Waals surface area contributed by atoms with Crippen LogP contribution >= 0.6 is 0 Å². The number of hydrogen-bond donors (Lipinski definition) is 1. The zero-order valence-electron chi connectivity index (χ0n) is 12.8. The van der Waals surface area contributed by atoms with Crippen LogP contribution in [-0.4, -0.2) is 24.4 Å². The summed E-state index contributed by atoms with van der Waals surface area (Å²) >= 11 is 0. The van der Waals surface area contributed by atoms with Gasteiger partial charge in [0.2, 0.25) is 0 Å². The van der Waals surface area contributed by atoms with Gasteiger partial charge in [-0.05, 0) is 60.3 Å². The second kappa shape index (κ2) is 5.13. The molecule has 0 aromatic heterocycles. The van der Waals surface area contributed by atoms with Crippen molar-refractivity contribution in [3.8, 4) is 0 Å². The van der Waals surface area contributed by atoms with Gasteiger partial charge in [-0.1, -0.05) is 12.5 Å². The molecule has 2 bridgehead atoms. The van der Waals surface area contributed by atoms with E-state index in [-0.39, 0.29) is 5.91 Å². The maximum Gasteiger partial charge on any atom is 0.253 e. The molecule has 112 valence electrons. The van der Waals surface area contributed by atoms with Crippen molar-refractivity contribution in [1.29, 1.82) is 0 Å². The van der Waals surface area contributed by atoms with E-state index < -0.39 is 0 Å². The van der Waals surface area contributed by atoms with E-state index >= 15 is 0 Å². The van der Waals surface area contributed by atoms with Gasteiger partial charge in [0.15, 0.2) is 0 Å². The van der Waals surface area contributed by atoms with Crippen molar-refractivity contribution in [1.82, 2.24) is 10.2 Å². The van der Waals surface area contributed by atoms with Crippen LogP contribution in [0, 0.1) is 17.8 Å². The number of hydrogen-bond acceptors (Lipinski definition) is 2. The highest BCUT2D eigenvalue weighted by Gasteiger charge is 2.40. The van der Waals surface area contributed by atoms with Crippen LogP contribution in [0.1, 0.15) is 47.2 Å². The minimum atomic E-state index is 0.187.